The van der Waals surface area contributed by atoms with Crippen LogP contribution in [0.1, 0.15) is 43.4 Å². The van der Waals surface area contributed by atoms with Gasteiger partial charge in [0.15, 0.2) is 0 Å². The van der Waals surface area contributed by atoms with Crippen LogP contribution < -0.4 is 10.3 Å². The first-order valence-electron chi connectivity index (χ1n) is 8.85. The van der Waals surface area contributed by atoms with E-state index < -0.39 is 4.92 Å². The fourth-order valence-electron chi connectivity index (χ4n) is 3.19. The second-order valence-corrected chi connectivity index (χ2v) is 7.80. The second kappa shape index (κ2) is 7.11. The molecule has 144 valence electrons. The lowest BCUT2D eigenvalue weighted by Gasteiger charge is -2.29. The van der Waals surface area contributed by atoms with E-state index in [0.29, 0.717) is 36.6 Å². The van der Waals surface area contributed by atoms with E-state index in [2.05, 4.69) is 14.9 Å². The molecule has 0 aliphatic carbocycles. The molecular weight excluding hydrogens is 348 g/mol. The Kier molecular flexibility index (Phi) is 5.01. The zero-order valence-corrected chi connectivity index (χ0v) is 16.0. The Hall–Kier alpha value is -2.74. The van der Waals surface area contributed by atoms with Gasteiger partial charge in [-0.25, -0.2) is 4.98 Å². The molecule has 2 heterocycles. The molecule has 0 atom stereocenters. The molecule has 27 heavy (non-hydrogen) atoms. The number of H-pyrrole nitrogens is 1. The highest BCUT2D eigenvalue weighted by molar-refractivity contribution is 5.44. The van der Waals surface area contributed by atoms with Crippen LogP contribution in [0.3, 0.4) is 0 Å². The van der Waals surface area contributed by atoms with Crippen molar-refractivity contribution in [2.75, 3.05) is 13.7 Å². The van der Waals surface area contributed by atoms with Gasteiger partial charge in [-0.15, -0.1) is 0 Å². The molecule has 1 aromatic heterocycles. The Morgan fingerprint density at radius 3 is 2.74 bits per heavy atom. The molecule has 0 radical (unpaired) electrons. The number of aromatic amines is 1. The van der Waals surface area contributed by atoms with Crippen LogP contribution in [0, 0.1) is 10.1 Å². The van der Waals surface area contributed by atoms with E-state index in [4.69, 9.17) is 4.74 Å². The van der Waals surface area contributed by atoms with Gasteiger partial charge in [0, 0.05) is 43.1 Å². The smallest absolute Gasteiger partial charge is 0.273 e. The lowest BCUT2D eigenvalue weighted by molar-refractivity contribution is -0.384. The van der Waals surface area contributed by atoms with Crippen molar-refractivity contribution in [1.82, 2.24) is 14.9 Å². The average molecular weight is 372 g/mol. The molecule has 0 saturated carbocycles. The number of hydrogen-bond acceptors (Lipinski definition) is 6. The summed E-state index contributed by atoms with van der Waals surface area (Å²) in [5.41, 5.74) is 2.09. The van der Waals surface area contributed by atoms with Crippen LogP contribution in [0.25, 0.3) is 0 Å². The van der Waals surface area contributed by atoms with Crippen molar-refractivity contribution < 1.29 is 9.66 Å². The molecule has 0 bridgehead atoms. The molecule has 1 aromatic carbocycles. The Bertz CT molecular complexity index is 930. The summed E-state index contributed by atoms with van der Waals surface area (Å²) in [6, 6.07) is 4.61. The zero-order chi connectivity index (χ0) is 19.8. The third-order valence-corrected chi connectivity index (χ3v) is 4.73. The van der Waals surface area contributed by atoms with Crippen LogP contribution in [0.5, 0.6) is 5.75 Å². The summed E-state index contributed by atoms with van der Waals surface area (Å²) in [5.74, 6) is 1.18. The molecule has 0 spiro atoms. The number of hydrogen-bond donors (Lipinski definition) is 1. The van der Waals surface area contributed by atoms with Crippen molar-refractivity contribution in [2.45, 2.75) is 45.7 Å². The first kappa shape index (κ1) is 19.0. The third-order valence-electron chi connectivity index (χ3n) is 4.73. The van der Waals surface area contributed by atoms with Gasteiger partial charge in [-0.05, 0) is 6.07 Å². The van der Waals surface area contributed by atoms with Crippen molar-refractivity contribution in [3.8, 4) is 5.75 Å². The molecule has 3 rings (SSSR count). The Morgan fingerprint density at radius 2 is 2.11 bits per heavy atom. The van der Waals surface area contributed by atoms with Crippen molar-refractivity contribution in [3.63, 3.8) is 0 Å². The maximum absolute atomic E-state index is 12.6. The molecule has 0 saturated heterocycles. The molecule has 8 heteroatoms. The topological polar surface area (TPSA) is 101 Å². The maximum atomic E-state index is 12.6. The Balaban J connectivity index is 1.83. The van der Waals surface area contributed by atoms with Gasteiger partial charge in [0.2, 0.25) is 0 Å². The van der Waals surface area contributed by atoms with Crippen molar-refractivity contribution in [1.29, 1.82) is 0 Å². The third kappa shape index (κ3) is 4.00. The molecule has 8 nitrogen and oxygen atoms in total. The number of non-ortho nitro benzene ring substituents is 1. The number of fused-ring (bicyclic) bond motifs is 1. The SMILES string of the molecule is COc1cc([N+](=O)[O-])ccc1CN1CCc2nc(C(C)(C)C)[nH]c(=O)c2C1. The summed E-state index contributed by atoms with van der Waals surface area (Å²) in [6.45, 7) is 7.85. The summed E-state index contributed by atoms with van der Waals surface area (Å²) >= 11 is 0. The van der Waals surface area contributed by atoms with Gasteiger partial charge in [0.25, 0.3) is 11.2 Å². The number of methoxy groups -OCH3 is 1. The molecule has 0 fully saturated rings. The molecule has 0 amide bonds. The van der Waals surface area contributed by atoms with Crippen molar-refractivity contribution in [3.05, 3.63) is 61.3 Å². The number of benzene rings is 1. The first-order chi connectivity index (χ1) is 12.7. The van der Waals surface area contributed by atoms with E-state index in [1.54, 1.807) is 6.07 Å². The fraction of sp³-hybridized carbons (Fsp3) is 0.474. The van der Waals surface area contributed by atoms with Gasteiger partial charge in [-0.3, -0.25) is 19.8 Å². The van der Waals surface area contributed by atoms with E-state index in [1.165, 1.54) is 19.2 Å². The minimum atomic E-state index is -0.443. The summed E-state index contributed by atoms with van der Waals surface area (Å²) in [5, 5.41) is 10.9. The highest BCUT2D eigenvalue weighted by atomic mass is 16.6. The van der Waals surface area contributed by atoms with Crippen LogP contribution in [0.2, 0.25) is 0 Å². The largest absolute Gasteiger partial charge is 0.496 e. The van der Waals surface area contributed by atoms with Crippen LogP contribution >= 0.6 is 0 Å². The molecule has 1 aliphatic heterocycles. The van der Waals surface area contributed by atoms with Crippen LogP contribution in [-0.4, -0.2) is 33.4 Å². The molecule has 0 unspecified atom stereocenters. The van der Waals surface area contributed by atoms with E-state index >= 15 is 0 Å². The van der Waals surface area contributed by atoms with E-state index in [1.807, 2.05) is 20.8 Å². The van der Waals surface area contributed by atoms with Crippen molar-refractivity contribution in [2.24, 2.45) is 0 Å². The van der Waals surface area contributed by atoms with Gasteiger partial charge >= 0.3 is 0 Å². The molecular formula is C19H24N4O4. The normalized spacial score (nSPS) is 14.7. The number of nitro benzene ring substituents is 1. The number of rotatable bonds is 4. The number of nitrogens with one attached hydrogen (secondary N) is 1. The predicted octanol–water partition coefficient (Wildman–Crippen LogP) is 2.54. The van der Waals surface area contributed by atoms with Crippen molar-refractivity contribution >= 4 is 5.69 Å². The standard InChI is InChI=1S/C19H24N4O4/c1-19(2,3)18-20-15-7-8-22(11-14(15)17(24)21-18)10-12-5-6-13(23(25)26)9-16(12)27-4/h5-6,9H,7-8,10-11H2,1-4H3,(H,20,21,24). The van der Waals surface area contributed by atoms with Gasteiger partial charge in [0.05, 0.1) is 29.4 Å². The van der Waals surface area contributed by atoms with Gasteiger partial charge in [-0.1, -0.05) is 20.8 Å². The summed E-state index contributed by atoms with van der Waals surface area (Å²) in [7, 11) is 1.50. The summed E-state index contributed by atoms with van der Waals surface area (Å²) < 4.78 is 5.31. The van der Waals surface area contributed by atoms with Gasteiger partial charge in [-0.2, -0.15) is 0 Å². The number of ether oxygens (including phenoxy) is 1. The Labute approximate surface area is 157 Å². The van der Waals surface area contributed by atoms with E-state index in [0.717, 1.165) is 17.8 Å². The number of nitrogens with zero attached hydrogens (tertiary/aromatic N) is 3. The molecule has 2 aromatic rings. The summed E-state index contributed by atoms with van der Waals surface area (Å²) in [4.78, 5) is 32.7. The first-order valence-corrected chi connectivity index (χ1v) is 8.85. The highest BCUT2D eigenvalue weighted by Crippen LogP contribution is 2.27. The minimum Gasteiger partial charge on any atom is -0.496 e. The monoisotopic (exact) mass is 372 g/mol. The van der Waals surface area contributed by atoms with Gasteiger partial charge < -0.3 is 9.72 Å². The summed E-state index contributed by atoms with van der Waals surface area (Å²) in [6.07, 6.45) is 0.692. The average Bonchev–Trinajstić information content (AvgIpc) is 2.61. The van der Waals surface area contributed by atoms with Gasteiger partial charge in [0.1, 0.15) is 11.6 Å². The lowest BCUT2D eigenvalue weighted by atomic mass is 9.95. The van der Waals surface area contributed by atoms with E-state index in [-0.39, 0.29) is 16.7 Å². The molecule has 1 aliphatic rings. The quantitative estimate of drug-likeness (QED) is 0.654. The Morgan fingerprint density at radius 1 is 1.37 bits per heavy atom. The minimum absolute atomic E-state index is 0.00468. The number of aromatic nitrogens is 2. The second-order valence-electron chi connectivity index (χ2n) is 7.80. The lowest BCUT2D eigenvalue weighted by Crippen LogP contribution is -2.37. The van der Waals surface area contributed by atoms with Crippen LogP contribution in [0.15, 0.2) is 23.0 Å². The predicted molar refractivity (Wildman–Crippen MR) is 101 cm³/mol. The van der Waals surface area contributed by atoms with E-state index in [9.17, 15) is 14.9 Å². The highest BCUT2D eigenvalue weighted by Gasteiger charge is 2.25. The number of nitro groups is 1. The fourth-order valence-corrected chi connectivity index (χ4v) is 3.19. The molecule has 1 N–H and O–H groups in total. The maximum Gasteiger partial charge on any atom is 0.273 e. The van der Waals surface area contributed by atoms with Crippen LogP contribution in [-0.2, 0) is 24.9 Å². The van der Waals surface area contributed by atoms with Crippen LogP contribution in [0.4, 0.5) is 5.69 Å². The zero-order valence-electron chi connectivity index (χ0n) is 16.0.